The van der Waals surface area contributed by atoms with E-state index in [2.05, 4.69) is 21.9 Å². The molecule has 5 heteroatoms. The van der Waals surface area contributed by atoms with Gasteiger partial charge in [-0.05, 0) is 23.4 Å². The van der Waals surface area contributed by atoms with Gasteiger partial charge in [0, 0.05) is 31.9 Å². The third-order valence-corrected chi connectivity index (χ3v) is 4.55. The van der Waals surface area contributed by atoms with Crippen LogP contribution in [0.25, 0.3) is 10.6 Å². The minimum atomic E-state index is -0.390. The molecule has 0 radical (unpaired) electrons. The number of hydrogen-bond donors (Lipinski definition) is 2. The number of nitrogens with one attached hydrogen (secondary N) is 1. The Kier molecular flexibility index (Phi) is 5.23. The van der Waals surface area contributed by atoms with Gasteiger partial charge in [0.05, 0.1) is 11.0 Å². The lowest BCUT2D eigenvalue weighted by Gasteiger charge is -2.11. The highest BCUT2D eigenvalue weighted by molar-refractivity contribution is 7.13. The molecular formula is C18H21N3OS. The molecule has 2 heterocycles. The predicted molar refractivity (Wildman–Crippen MR) is 94.4 cm³/mol. The van der Waals surface area contributed by atoms with E-state index in [4.69, 9.17) is 0 Å². The first-order valence-electron chi connectivity index (χ1n) is 7.71. The summed E-state index contributed by atoms with van der Waals surface area (Å²) in [5.74, 6) is 0. The molecular weight excluding hydrogens is 306 g/mol. The number of hydrogen-bond acceptors (Lipinski definition) is 4. The van der Waals surface area contributed by atoms with E-state index in [1.165, 1.54) is 4.88 Å². The molecule has 2 N–H and O–H groups in total. The summed E-state index contributed by atoms with van der Waals surface area (Å²) < 4.78 is 1.84. The van der Waals surface area contributed by atoms with Crippen LogP contribution in [0, 0.1) is 0 Å². The van der Waals surface area contributed by atoms with Crippen LogP contribution in [0.1, 0.15) is 11.1 Å². The molecule has 4 nitrogen and oxygen atoms in total. The molecule has 0 saturated heterocycles. The van der Waals surface area contributed by atoms with Gasteiger partial charge in [0.1, 0.15) is 5.69 Å². The number of thiophene rings is 1. The van der Waals surface area contributed by atoms with Gasteiger partial charge in [0.15, 0.2) is 0 Å². The molecule has 0 saturated carbocycles. The molecule has 0 aliphatic rings. The maximum absolute atomic E-state index is 10.2. The third kappa shape index (κ3) is 4.28. The maximum atomic E-state index is 10.2. The first-order chi connectivity index (χ1) is 11.2. The highest BCUT2D eigenvalue weighted by atomic mass is 32.1. The zero-order valence-electron chi connectivity index (χ0n) is 13.1. The van der Waals surface area contributed by atoms with E-state index in [1.54, 1.807) is 11.3 Å². The molecule has 120 valence electrons. The minimum absolute atomic E-state index is 0.390. The van der Waals surface area contributed by atoms with Crippen molar-refractivity contribution in [3.63, 3.8) is 0 Å². The number of rotatable bonds is 7. The fraction of sp³-hybridized carbons (Fsp3) is 0.278. The number of aryl methyl sites for hydroxylation is 1. The zero-order chi connectivity index (χ0) is 16.1. The second kappa shape index (κ2) is 7.55. The number of aromatic nitrogens is 2. The van der Waals surface area contributed by atoms with Crippen LogP contribution in [0.4, 0.5) is 0 Å². The molecule has 1 aromatic carbocycles. The highest BCUT2D eigenvalue weighted by Crippen LogP contribution is 2.26. The van der Waals surface area contributed by atoms with Crippen molar-refractivity contribution in [2.75, 3.05) is 6.54 Å². The molecule has 1 unspecified atom stereocenters. The minimum Gasteiger partial charge on any atom is -0.391 e. The average Bonchev–Trinajstić information content (AvgIpc) is 3.17. The largest absolute Gasteiger partial charge is 0.391 e. The number of aliphatic hydroxyl groups excluding tert-OH is 1. The summed E-state index contributed by atoms with van der Waals surface area (Å²) in [5.41, 5.74) is 3.33. The fourth-order valence-corrected chi connectivity index (χ4v) is 3.36. The van der Waals surface area contributed by atoms with Crippen molar-refractivity contribution in [1.29, 1.82) is 0 Å². The van der Waals surface area contributed by atoms with Crippen molar-refractivity contribution in [1.82, 2.24) is 15.1 Å². The molecule has 0 aliphatic heterocycles. The SMILES string of the molecule is Cn1cc(CNCC(O)Cc2ccccc2)c(-c2cccs2)n1. The molecule has 1 atom stereocenters. The Labute approximate surface area is 140 Å². The van der Waals surface area contributed by atoms with Crippen molar-refractivity contribution in [2.24, 2.45) is 7.05 Å². The standard InChI is InChI=1S/C18H21N3OS/c1-21-13-15(18(20-21)17-8-5-9-23-17)11-19-12-16(22)10-14-6-3-2-4-7-14/h2-9,13,16,19,22H,10-12H2,1H3. The van der Waals surface area contributed by atoms with Crippen molar-refractivity contribution in [2.45, 2.75) is 19.1 Å². The second-order valence-electron chi connectivity index (χ2n) is 5.63. The molecule has 0 spiro atoms. The first kappa shape index (κ1) is 15.9. The van der Waals surface area contributed by atoms with E-state index in [1.807, 2.05) is 54.3 Å². The van der Waals surface area contributed by atoms with Crippen molar-refractivity contribution in [3.8, 4) is 10.6 Å². The Morgan fingerprint density at radius 3 is 2.78 bits per heavy atom. The van der Waals surface area contributed by atoms with Gasteiger partial charge in [0.25, 0.3) is 0 Å². The summed E-state index contributed by atoms with van der Waals surface area (Å²) in [6.45, 7) is 1.26. The van der Waals surface area contributed by atoms with E-state index < -0.39 is 0 Å². The quantitative estimate of drug-likeness (QED) is 0.701. The molecule has 3 aromatic rings. The molecule has 0 bridgehead atoms. The fourth-order valence-electron chi connectivity index (χ4n) is 2.62. The van der Waals surface area contributed by atoms with Gasteiger partial charge in [-0.1, -0.05) is 36.4 Å². The van der Waals surface area contributed by atoms with Gasteiger partial charge in [-0.25, -0.2) is 0 Å². The Bertz CT molecular complexity index is 722. The maximum Gasteiger partial charge on any atom is 0.107 e. The Morgan fingerprint density at radius 1 is 1.22 bits per heavy atom. The van der Waals surface area contributed by atoms with Gasteiger partial charge >= 0.3 is 0 Å². The first-order valence-corrected chi connectivity index (χ1v) is 8.59. The van der Waals surface area contributed by atoms with Crippen LogP contribution in [-0.4, -0.2) is 27.5 Å². The van der Waals surface area contributed by atoms with Gasteiger partial charge in [-0.3, -0.25) is 4.68 Å². The topological polar surface area (TPSA) is 50.1 Å². The molecule has 23 heavy (non-hydrogen) atoms. The van der Waals surface area contributed by atoms with Crippen LogP contribution in [-0.2, 0) is 20.0 Å². The van der Waals surface area contributed by atoms with E-state index in [9.17, 15) is 5.11 Å². The highest BCUT2D eigenvalue weighted by Gasteiger charge is 2.11. The van der Waals surface area contributed by atoms with Crippen LogP contribution in [0.15, 0.2) is 54.0 Å². The van der Waals surface area contributed by atoms with Crippen LogP contribution in [0.2, 0.25) is 0 Å². The number of benzene rings is 1. The normalized spacial score (nSPS) is 12.4. The smallest absolute Gasteiger partial charge is 0.107 e. The van der Waals surface area contributed by atoms with Crippen molar-refractivity contribution < 1.29 is 5.11 Å². The van der Waals surface area contributed by atoms with Crippen LogP contribution in [0.5, 0.6) is 0 Å². The predicted octanol–water partition coefficient (Wildman–Crippen LogP) is 2.84. The van der Waals surface area contributed by atoms with Gasteiger partial charge in [-0.15, -0.1) is 11.3 Å². The Morgan fingerprint density at radius 2 is 2.04 bits per heavy atom. The van der Waals surface area contributed by atoms with E-state index in [-0.39, 0.29) is 6.10 Å². The summed E-state index contributed by atoms with van der Waals surface area (Å²) in [4.78, 5) is 1.17. The monoisotopic (exact) mass is 327 g/mol. The Balaban J connectivity index is 1.55. The van der Waals surface area contributed by atoms with Gasteiger partial charge < -0.3 is 10.4 Å². The second-order valence-corrected chi connectivity index (χ2v) is 6.58. The summed E-state index contributed by atoms with van der Waals surface area (Å²) >= 11 is 1.69. The van der Waals surface area contributed by atoms with Crippen molar-refractivity contribution in [3.05, 3.63) is 65.2 Å². The molecule has 2 aromatic heterocycles. The van der Waals surface area contributed by atoms with Crippen LogP contribution >= 0.6 is 11.3 Å². The molecule has 0 aliphatic carbocycles. The van der Waals surface area contributed by atoms with E-state index in [0.29, 0.717) is 19.5 Å². The van der Waals surface area contributed by atoms with Crippen LogP contribution in [0.3, 0.4) is 0 Å². The zero-order valence-corrected chi connectivity index (χ0v) is 14.0. The lowest BCUT2D eigenvalue weighted by atomic mass is 10.1. The number of nitrogens with zero attached hydrogens (tertiary/aromatic N) is 2. The molecule has 3 rings (SSSR count). The summed E-state index contributed by atoms with van der Waals surface area (Å²) in [5, 5.41) is 20.1. The van der Waals surface area contributed by atoms with E-state index in [0.717, 1.165) is 16.8 Å². The summed E-state index contributed by atoms with van der Waals surface area (Å²) in [7, 11) is 1.94. The Hall–Kier alpha value is -1.95. The summed E-state index contributed by atoms with van der Waals surface area (Å²) in [6, 6.07) is 14.2. The lowest BCUT2D eigenvalue weighted by molar-refractivity contribution is 0.171. The third-order valence-electron chi connectivity index (χ3n) is 3.67. The number of aliphatic hydroxyl groups is 1. The molecule has 0 fully saturated rings. The van der Waals surface area contributed by atoms with Crippen molar-refractivity contribution >= 4 is 11.3 Å². The molecule has 0 amide bonds. The van der Waals surface area contributed by atoms with Crippen LogP contribution < -0.4 is 5.32 Å². The lowest BCUT2D eigenvalue weighted by Crippen LogP contribution is -2.28. The average molecular weight is 327 g/mol. The van der Waals surface area contributed by atoms with Gasteiger partial charge in [-0.2, -0.15) is 5.10 Å². The van der Waals surface area contributed by atoms with Gasteiger partial charge in [0.2, 0.25) is 0 Å². The summed E-state index contributed by atoms with van der Waals surface area (Å²) in [6.07, 6.45) is 2.31. The van der Waals surface area contributed by atoms with E-state index >= 15 is 0 Å².